The van der Waals surface area contributed by atoms with Crippen molar-refractivity contribution in [3.05, 3.63) is 80.9 Å². The van der Waals surface area contributed by atoms with Gasteiger partial charge in [0.05, 0.1) is 0 Å². The van der Waals surface area contributed by atoms with Crippen LogP contribution in [-0.4, -0.2) is 0 Å². The fourth-order valence-corrected chi connectivity index (χ4v) is 4.81. The predicted octanol–water partition coefficient (Wildman–Crippen LogP) is 8.02. The summed E-state index contributed by atoms with van der Waals surface area (Å²) in [5.74, 6) is 2.25. The number of hydrogen-bond acceptors (Lipinski definition) is 0. The zero-order chi connectivity index (χ0) is 19.3. The number of hydrogen-bond donors (Lipinski definition) is 0. The molecule has 2 aliphatic carbocycles. The topological polar surface area (TPSA) is 0 Å². The third-order valence-electron chi connectivity index (χ3n) is 6.64. The molecule has 2 unspecified atom stereocenters. The van der Waals surface area contributed by atoms with E-state index in [1.54, 1.807) is 11.1 Å². The van der Waals surface area contributed by atoms with E-state index in [-0.39, 0.29) is 0 Å². The molecule has 4 rings (SSSR count). The molecule has 0 fully saturated rings. The van der Waals surface area contributed by atoms with Crippen molar-refractivity contribution >= 4 is 12.2 Å². The van der Waals surface area contributed by atoms with Crippen LogP contribution in [0.1, 0.15) is 105 Å². The van der Waals surface area contributed by atoms with E-state index in [1.165, 1.54) is 39.8 Å². The molecule has 2 aromatic carbocycles. The van der Waals surface area contributed by atoms with Crippen LogP contribution in [0.2, 0.25) is 0 Å². The summed E-state index contributed by atoms with van der Waals surface area (Å²) in [4.78, 5) is 0. The Bertz CT molecular complexity index is 859. The second-order valence-corrected chi connectivity index (χ2v) is 9.20. The van der Waals surface area contributed by atoms with E-state index in [0.29, 0.717) is 23.7 Å². The van der Waals surface area contributed by atoms with Gasteiger partial charge in [-0.25, -0.2) is 0 Å². The van der Waals surface area contributed by atoms with E-state index in [4.69, 9.17) is 0 Å². The molecule has 0 saturated carbocycles. The molecule has 0 bridgehead atoms. The van der Waals surface area contributed by atoms with Gasteiger partial charge in [-0.15, -0.1) is 0 Å². The minimum absolute atomic E-state index is 0.542. The monoisotopic (exact) mass is 356 g/mol. The summed E-state index contributed by atoms with van der Waals surface area (Å²) in [5, 5.41) is 0. The smallest absolute Gasteiger partial charge is 0.00636 e. The molecule has 0 aliphatic heterocycles. The Hall–Kier alpha value is -2.08. The maximum absolute atomic E-state index is 2.47. The van der Waals surface area contributed by atoms with Crippen molar-refractivity contribution in [1.82, 2.24) is 0 Å². The Morgan fingerprint density at radius 2 is 1.07 bits per heavy atom. The fraction of sp³-hybridized carbons (Fsp3) is 0.407. The zero-order valence-corrected chi connectivity index (χ0v) is 17.6. The third-order valence-corrected chi connectivity index (χ3v) is 6.64. The van der Waals surface area contributed by atoms with Crippen molar-refractivity contribution in [2.45, 2.75) is 71.6 Å². The van der Waals surface area contributed by atoms with Crippen LogP contribution >= 0.6 is 0 Å². The van der Waals surface area contributed by atoms with Crippen LogP contribution in [0.15, 0.2) is 47.5 Å². The second kappa shape index (κ2) is 6.82. The summed E-state index contributed by atoms with van der Waals surface area (Å²) in [7, 11) is 0. The molecule has 140 valence electrons. The average molecular weight is 357 g/mol. The standard InChI is InChI=1S/C27H32/c1-16(2)20-7-9-22-11-18(5)24(26(22)13-20)15-25-19(6)12-23-10-8-21(17(3)4)14-27(23)25/h7-14,16-17,24-25H,15H2,1-6H3. The van der Waals surface area contributed by atoms with Crippen LogP contribution in [0.4, 0.5) is 0 Å². The molecule has 0 nitrogen and oxygen atoms in total. The molecular formula is C27H32. The summed E-state index contributed by atoms with van der Waals surface area (Å²) in [6.07, 6.45) is 6.00. The predicted molar refractivity (Wildman–Crippen MR) is 118 cm³/mol. The van der Waals surface area contributed by atoms with Crippen molar-refractivity contribution in [2.75, 3.05) is 0 Å². The highest BCUT2D eigenvalue weighted by Crippen LogP contribution is 2.48. The summed E-state index contributed by atoms with van der Waals surface area (Å²) < 4.78 is 0. The molecule has 2 aromatic rings. The van der Waals surface area contributed by atoms with E-state index in [2.05, 4.69) is 90.1 Å². The fourth-order valence-electron chi connectivity index (χ4n) is 4.81. The Kier molecular flexibility index (Phi) is 4.62. The summed E-state index contributed by atoms with van der Waals surface area (Å²) in [6, 6.07) is 14.2. The Labute approximate surface area is 165 Å². The molecule has 2 aliphatic rings. The highest BCUT2D eigenvalue weighted by molar-refractivity contribution is 5.69. The minimum atomic E-state index is 0.542. The van der Waals surface area contributed by atoms with Gasteiger partial charge in [-0.05, 0) is 65.5 Å². The summed E-state index contributed by atoms with van der Waals surface area (Å²) in [6.45, 7) is 13.8. The molecular weight excluding hydrogens is 324 g/mol. The SMILES string of the molecule is CC1=Cc2ccc(C(C)C)cc2C1CC1C(C)=Cc2ccc(C(C)C)cc21. The Morgan fingerprint density at radius 3 is 1.44 bits per heavy atom. The molecule has 0 amide bonds. The Morgan fingerprint density at radius 1 is 0.667 bits per heavy atom. The van der Waals surface area contributed by atoms with Crippen molar-refractivity contribution in [3.8, 4) is 0 Å². The minimum Gasteiger partial charge on any atom is -0.0652 e. The summed E-state index contributed by atoms with van der Waals surface area (Å²) >= 11 is 0. The van der Waals surface area contributed by atoms with E-state index < -0.39 is 0 Å². The highest BCUT2D eigenvalue weighted by Gasteiger charge is 2.30. The summed E-state index contributed by atoms with van der Waals surface area (Å²) in [5.41, 5.74) is 11.9. The average Bonchev–Trinajstić information content (AvgIpc) is 3.10. The molecule has 0 N–H and O–H groups in total. The van der Waals surface area contributed by atoms with Gasteiger partial charge in [0.25, 0.3) is 0 Å². The first-order chi connectivity index (χ1) is 12.8. The lowest BCUT2D eigenvalue weighted by Crippen LogP contribution is -2.07. The second-order valence-electron chi connectivity index (χ2n) is 9.20. The van der Waals surface area contributed by atoms with Gasteiger partial charge in [-0.1, -0.05) is 87.4 Å². The normalized spacial score (nSPS) is 20.7. The van der Waals surface area contributed by atoms with Crippen molar-refractivity contribution in [3.63, 3.8) is 0 Å². The van der Waals surface area contributed by atoms with Gasteiger partial charge in [0.15, 0.2) is 0 Å². The first-order valence-corrected chi connectivity index (χ1v) is 10.5. The van der Waals surface area contributed by atoms with Gasteiger partial charge >= 0.3 is 0 Å². The van der Waals surface area contributed by atoms with Gasteiger partial charge in [-0.2, -0.15) is 0 Å². The lowest BCUT2D eigenvalue weighted by molar-refractivity contribution is 0.640. The van der Waals surface area contributed by atoms with Gasteiger partial charge in [0, 0.05) is 11.8 Å². The quantitative estimate of drug-likeness (QED) is 0.520. The molecule has 0 heteroatoms. The number of rotatable bonds is 4. The third kappa shape index (κ3) is 3.20. The van der Waals surface area contributed by atoms with E-state index in [0.717, 1.165) is 0 Å². The Balaban J connectivity index is 1.69. The van der Waals surface area contributed by atoms with Gasteiger partial charge in [-0.3, -0.25) is 0 Å². The van der Waals surface area contributed by atoms with Gasteiger partial charge < -0.3 is 0 Å². The number of allylic oxidation sites excluding steroid dienone is 2. The largest absolute Gasteiger partial charge is 0.0652 e. The van der Waals surface area contributed by atoms with E-state index >= 15 is 0 Å². The maximum atomic E-state index is 2.47. The van der Waals surface area contributed by atoms with Gasteiger partial charge in [0.1, 0.15) is 0 Å². The zero-order valence-electron chi connectivity index (χ0n) is 17.6. The van der Waals surface area contributed by atoms with Crippen LogP contribution < -0.4 is 0 Å². The van der Waals surface area contributed by atoms with E-state index in [1.807, 2.05) is 0 Å². The lowest BCUT2D eigenvalue weighted by atomic mass is 9.81. The van der Waals surface area contributed by atoms with Crippen LogP contribution in [0, 0.1) is 0 Å². The first kappa shape index (κ1) is 18.3. The van der Waals surface area contributed by atoms with Crippen LogP contribution in [0.3, 0.4) is 0 Å². The van der Waals surface area contributed by atoms with Crippen molar-refractivity contribution in [1.29, 1.82) is 0 Å². The van der Waals surface area contributed by atoms with Gasteiger partial charge in [0.2, 0.25) is 0 Å². The van der Waals surface area contributed by atoms with Crippen molar-refractivity contribution in [2.24, 2.45) is 0 Å². The van der Waals surface area contributed by atoms with Crippen LogP contribution in [-0.2, 0) is 0 Å². The molecule has 0 heterocycles. The molecule has 0 saturated heterocycles. The molecule has 27 heavy (non-hydrogen) atoms. The maximum Gasteiger partial charge on any atom is 0.00636 e. The first-order valence-electron chi connectivity index (χ1n) is 10.5. The van der Waals surface area contributed by atoms with Crippen LogP contribution in [0.5, 0.6) is 0 Å². The van der Waals surface area contributed by atoms with E-state index in [9.17, 15) is 0 Å². The number of benzene rings is 2. The molecule has 0 radical (unpaired) electrons. The molecule has 0 aromatic heterocycles. The number of fused-ring (bicyclic) bond motifs is 2. The highest BCUT2D eigenvalue weighted by atomic mass is 14.3. The molecule has 2 atom stereocenters. The van der Waals surface area contributed by atoms with Crippen molar-refractivity contribution < 1.29 is 0 Å². The lowest BCUT2D eigenvalue weighted by Gasteiger charge is -2.23. The van der Waals surface area contributed by atoms with Crippen LogP contribution in [0.25, 0.3) is 12.2 Å². The molecule has 0 spiro atoms.